The van der Waals surface area contributed by atoms with Crippen LogP contribution in [0.5, 0.6) is 0 Å². The number of nitrogens with zero attached hydrogens (tertiary/aromatic N) is 2. The molecule has 0 amide bonds. The van der Waals surface area contributed by atoms with E-state index in [-0.39, 0.29) is 0 Å². The molecule has 74 valence electrons. The summed E-state index contributed by atoms with van der Waals surface area (Å²) >= 11 is 0. The van der Waals surface area contributed by atoms with E-state index in [9.17, 15) is 0 Å². The van der Waals surface area contributed by atoms with Crippen molar-refractivity contribution in [1.29, 1.82) is 0 Å². The van der Waals surface area contributed by atoms with E-state index in [2.05, 4.69) is 4.98 Å². The van der Waals surface area contributed by atoms with Crippen LogP contribution in [0.25, 0.3) is 0 Å². The van der Waals surface area contributed by atoms with E-state index in [1.165, 1.54) is 0 Å². The zero-order valence-corrected chi connectivity index (χ0v) is 7.63. The molecule has 0 bridgehead atoms. The smallest absolute Gasteiger partial charge is 0.140 e. The molecule has 0 saturated carbocycles. The summed E-state index contributed by atoms with van der Waals surface area (Å²) in [6, 6.07) is 1.89. The second-order valence-corrected chi connectivity index (χ2v) is 3.07. The fourth-order valence-electron chi connectivity index (χ4n) is 1.33. The summed E-state index contributed by atoms with van der Waals surface area (Å²) in [4.78, 5) is 4.08. The molecule has 0 fully saturated rings. The van der Waals surface area contributed by atoms with Crippen molar-refractivity contribution in [3.8, 4) is 0 Å². The first-order chi connectivity index (χ1) is 6.77. The molecule has 0 radical (unpaired) electrons. The zero-order chi connectivity index (χ0) is 9.97. The van der Waals surface area contributed by atoms with Crippen LogP contribution in [0, 0.1) is 0 Å². The number of rotatable bonds is 3. The Hall–Kier alpha value is -1.59. The van der Waals surface area contributed by atoms with Crippen molar-refractivity contribution in [2.24, 2.45) is 11.5 Å². The van der Waals surface area contributed by atoms with Crippen molar-refractivity contribution >= 4 is 0 Å². The Balaban J connectivity index is 2.21. The minimum atomic E-state index is -0.545. The van der Waals surface area contributed by atoms with E-state index in [0.717, 1.165) is 5.56 Å². The summed E-state index contributed by atoms with van der Waals surface area (Å²) in [6.45, 7) is 0.677. The van der Waals surface area contributed by atoms with Gasteiger partial charge in [0, 0.05) is 18.0 Å². The standard InChI is InChI=1S/C9H12N4O/c10-8(11)9-12-2-3-13(9)5-7-1-4-14-6-7/h1-4,6,8H,5,10-11H2. The zero-order valence-electron chi connectivity index (χ0n) is 7.63. The van der Waals surface area contributed by atoms with Crippen LogP contribution >= 0.6 is 0 Å². The second-order valence-electron chi connectivity index (χ2n) is 3.07. The molecule has 2 aromatic heterocycles. The van der Waals surface area contributed by atoms with Gasteiger partial charge in [-0.2, -0.15) is 0 Å². The summed E-state index contributed by atoms with van der Waals surface area (Å²) in [5, 5.41) is 0. The van der Waals surface area contributed by atoms with Crippen molar-refractivity contribution in [1.82, 2.24) is 9.55 Å². The fraction of sp³-hybridized carbons (Fsp3) is 0.222. The summed E-state index contributed by atoms with van der Waals surface area (Å²) in [7, 11) is 0. The van der Waals surface area contributed by atoms with Gasteiger partial charge in [-0.1, -0.05) is 0 Å². The molecule has 0 aromatic carbocycles. The average Bonchev–Trinajstić information content (AvgIpc) is 2.75. The van der Waals surface area contributed by atoms with Crippen LogP contribution in [0.3, 0.4) is 0 Å². The van der Waals surface area contributed by atoms with E-state index in [0.29, 0.717) is 12.4 Å². The van der Waals surface area contributed by atoms with Gasteiger partial charge >= 0.3 is 0 Å². The minimum Gasteiger partial charge on any atom is -0.472 e. The molecular formula is C9H12N4O. The molecule has 0 aliphatic heterocycles. The fourth-order valence-corrected chi connectivity index (χ4v) is 1.33. The molecule has 0 aliphatic rings. The maximum absolute atomic E-state index is 5.56. The molecule has 2 aromatic rings. The lowest BCUT2D eigenvalue weighted by Gasteiger charge is -2.08. The predicted molar refractivity (Wildman–Crippen MR) is 51.2 cm³/mol. The molecular weight excluding hydrogens is 180 g/mol. The van der Waals surface area contributed by atoms with Crippen molar-refractivity contribution in [2.45, 2.75) is 12.7 Å². The quantitative estimate of drug-likeness (QED) is 0.691. The predicted octanol–water partition coefficient (Wildman–Crippen LogP) is 0.440. The van der Waals surface area contributed by atoms with E-state index >= 15 is 0 Å². The largest absolute Gasteiger partial charge is 0.472 e. The van der Waals surface area contributed by atoms with Crippen LogP contribution in [0.1, 0.15) is 17.6 Å². The molecule has 0 spiro atoms. The highest BCUT2D eigenvalue weighted by atomic mass is 16.3. The summed E-state index contributed by atoms with van der Waals surface area (Å²) in [6.07, 6.45) is 6.30. The van der Waals surface area contributed by atoms with Crippen LogP contribution < -0.4 is 11.5 Å². The average molecular weight is 192 g/mol. The molecule has 5 heteroatoms. The Bertz CT molecular complexity index is 391. The number of hydrogen-bond acceptors (Lipinski definition) is 4. The number of furan rings is 1. The first-order valence-electron chi connectivity index (χ1n) is 4.30. The lowest BCUT2D eigenvalue weighted by Crippen LogP contribution is -2.24. The van der Waals surface area contributed by atoms with Crippen molar-refractivity contribution in [3.05, 3.63) is 42.4 Å². The van der Waals surface area contributed by atoms with Gasteiger partial charge in [-0.3, -0.25) is 0 Å². The molecule has 2 rings (SSSR count). The number of imidazole rings is 1. The Morgan fingerprint density at radius 3 is 3.00 bits per heavy atom. The Morgan fingerprint density at radius 1 is 1.50 bits per heavy atom. The Labute approximate surface area is 81.3 Å². The molecule has 2 heterocycles. The van der Waals surface area contributed by atoms with E-state index < -0.39 is 6.17 Å². The van der Waals surface area contributed by atoms with E-state index in [1.54, 1.807) is 18.7 Å². The molecule has 14 heavy (non-hydrogen) atoms. The van der Waals surface area contributed by atoms with Gasteiger partial charge in [0.15, 0.2) is 0 Å². The van der Waals surface area contributed by atoms with Gasteiger partial charge in [0.1, 0.15) is 12.0 Å². The Morgan fingerprint density at radius 2 is 2.36 bits per heavy atom. The lowest BCUT2D eigenvalue weighted by atomic mass is 10.3. The van der Waals surface area contributed by atoms with Gasteiger partial charge in [0.05, 0.1) is 19.1 Å². The third-order valence-electron chi connectivity index (χ3n) is 1.98. The van der Waals surface area contributed by atoms with Crippen LogP contribution in [-0.2, 0) is 6.54 Å². The summed E-state index contributed by atoms with van der Waals surface area (Å²) in [5.41, 5.74) is 12.2. The normalized spacial score (nSPS) is 11.1. The van der Waals surface area contributed by atoms with Crippen molar-refractivity contribution in [2.75, 3.05) is 0 Å². The summed E-state index contributed by atoms with van der Waals surface area (Å²) < 4.78 is 6.87. The van der Waals surface area contributed by atoms with Crippen LogP contribution in [-0.4, -0.2) is 9.55 Å². The van der Waals surface area contributed by atoms with Gasteiger partial charge in [0.25, 0.3) is 0 Å². The third-order valence-corrected chi connectivity index (χ3v) is 1.98. The Kier molecular flexibility index (Phi) is 2.34. The maximum Gasteiger partial charge on any atom is 0.140 e. The number of nitrogens with two attached hydrogens (primary N) is 2. The second kappa shape index (κ2) is 3.65. The van der Waals surface area contributed by atoms with Crippen LogP contribution in [0.2, 0.25) is 0 Å². The van der Waals surface area contributed by atoms with Gasteiger partial charge < -0.3 is 20.5 Å². The van der Waals surface area contributed by atoms with Gasteiger partial charge in [0.2, 0.25) is 0 Å². The van der Waals surface area contributed by atoms with Crippen LogP contribution in [0.4, 0.5) is 0 Å². The topological polar surface area (TPSA) is 83.0 Å². The highest BCUT2D eigenvalue weighted by molar-refractivity contribution is 5.08. The highest BCUT2D eigenvalue weighted by Gasteiger charge is 2.08. The van der Waals surface area contributed by atoms with E-state index in [4.69, 9.17) is 15.9 Å². The third kappa shape index (κ3) is 1.68. The number of aromatic nitrogens is 2. The van der Waals surface area contributed by atoms with E-state index in [1.807, 2.05) is 16.8 Å². The van der Waals surface area contributed by atoms with Gasteiger partial charge in [-0.15, -0.1) is 0 Å². The van der Waals surface area contributed by atoms with Gasteiger partial charge in [-0.05, 0) is 6.07 Å². The van der Waals surface area contributed by atoms with Crippen molar-refractivity contribution in [3.63, 3.8) is 0 Å². The lowest BCUT2D eigenvalue weighted by molar-refractivity contribution is 0.559. The van der Waals surface area contributed by atoms with Crippen LogP contribution in [0.15, 0.2) is 35.4 Å². The monoisotopic (exact) mass is 192 g/mol. The van der Waals surface area contributed by atoms with Crippen molar-refractivity contribution < 1.29 is 4.42 Å². The first kappa shape index (κ1) is 8.98. The maximum atomic E-state index is 5.56. The number of hydrogen-bond donors (Lipinski definition) is 2. The molecule has 0 saturated heterocycles. The molecule has 4 N–H and O–H groups in total. The summed E-state index contributed by atoms with van der Waals surface area (Å²) in [5.74, 6) is 0.672. The SMILES string of the molecule is NC(N)c1nccn1Cc1ccoc1. The first-order valence-corrected chi connectivity index (χ1v) is 4.30. The molecule has 5 nitrogen and oxygen atoms in total. The minimum absolute atomic E-state index is 0.545. The molecule has 0 atom stereocenters. The highest BCUT2D eigenvalue weighted by Crippen LogP contribution is 2.08. The molecule has 0 unspecified atom stereocenters. The molecule has 0 aliphatic carbocycles. The van der Waals surface area contributed by atoms with Gasteiger partial charge in [-0.25, -0.2) is 4.98 Å².